The lowest BCUT2D eigenvalue weighted by atomic mass is 9.58. The normalized spacial score (nSPS) is 57.8. The van der Waals surface area contributed by atoms with Gasteiger partial charge in [0.1, 0.15) is 0 Å². The van der Waals surface area contributed by atoms with E-state index in [1.165, 1.54) is 0 Å². The lowest BCUT2D eigenvalue weighted by molar-refractivity contribution is -0.559. The van der Waals surface area contributed by atoms with Gasteiger partial charge in [-0.3, -0.25) is 4.79 Å². The summed E-state index contributed by atoms with van der Waals surface area (Å²) in [6.07, 6.45) is 3.24. The first kappa shape index (κ1) is 13.0. The maximum absolute atomic E-state index is 12.1. The molecule has 2 bridgehead atoms. The smallest absolute Gasteiger partial charge is 0.311 e. The van der Waals surface area contributed by atoms with Crippen LogP contribution in [-0.4, -0.2) is 23.6 Å². The van der Waals surface area contributed by atoms with Crippen LogP contribution in [0.3, 0.4) is 0 Å². The number of fused-ring (bicyclic) bond motifs is 2. The predicted molar refractivity (Wildman–Crippen MR) is 68.0 cm³/mol. The van der Waals surface area contributed by atoms with E-state index in [2.05, 4.69) is 6.92 Å². The first-order valence-corrected chi connectivity index (χ1v) is 7.71. The molecular formula is C15H22O5. The molecule has 4 heterocycles. The summed E-state index contributed by atoms with van der Waals surface area (Å²) in [5, 5.41) is 0. The van der Waals surface area contributed by atoms with Crippen LogP contribution < -0.4 is 0 Å². The molecule has 1 spiro atoms. The van der Waals surface area contributed by atoms with E-state index in [1.54, 1.807) is 0 Å². The Morgan fingerprint density at radius 1 is 1.10 bits per heavy atom. The van der Waals surface area contributed by atoms with Gasteiger partial charge < -0.3 is 9.47 Å². The SMILES string of the molecule is C[C@@H]1CCC2[C@@H](C)C(=O)O[C@@H]3O[C@@]4(C)CC[C@@H]1[C@@]23OO4. The Kier molecular flexibility index (Phi) is 2.58. The number of hydrogen-bond acceptors (Lipinski definition) is 5. The Hall–Kier alpha value is -0.650. The molecule has 5 fully saturated rings. The summed E-state index contributed by atoms with van der Waals surface area (Å²) in [6.45, 7) is 6.06. The van der Waals surface area contributed by atoms with Crippen molar-refractivity contribution in [2.24, 2.45) is 23.7 Å². The van der Waals surface area contributed by atoms with Crippen LogP contribution >= 0.6 is 0 Å². The van der Waals surface area contributed by atoms with Crippen molar-refractivity contribution in [3.8, 4) is 0 Å². The molecule has 20 heavy (non-hydrogen) atoms. The fourth-order valence-electron chi connectivity index (χ4n) is 4.76. The second-order valence-electron chi connectivity index (χ2n) is 7.14. The van der Waals surface area contributed by atoms with E-state index in [-0.39, 0.29) is 17.8 Å². The number of rotatable bonds is 0. The summed E-state index contributed by atoms with van der Waals surface area (Å²) in [5.74, 6) is -0.137. The molecule has 0 N–H and O–H groups in total. The molecule has 4 saturated heterocycles. The highest BCUT2D eigenvalue weighted by Crippen LogP contribution is 2.59. The van der Waals surface area contributed by atoms with Gasteiger partial charge in [-0.05, 0) is 32.1 Å². The standard InChI is InChI=1S/C15H22O5/c1-8-4-5-11-9(2)12(16)17-13-15(11)10(8)6-7-14(3,18-13)19-20-15/h8-11,13H,4-7H2,1-3H3/t8-,9-,10+,11?,13-,14-,15-/m1/s1. The van der Waals surface area contributed by atoms with Crippen molar-refractivity contribution in [2.75, 3.05) is 0 Å². The Bertz CT molecular complexity index is 452. The summed E-state index contributed by atoms with van der Waals surface area (Å²) < 4.78 is 11.6. The van der Waals surface area contributed by atoms with Gasteiger partial charge >= 0.3 is 5.97 Å². The fraction of sp³-hybridized carbons (Fsp3) is 0.933. The number of carbonyl (C=O) groups excluding carboxylic acids is 1. The molecule has 1 aliphatic carbocycles. The quantitative estimate of drug-likeness (QED) is 0.504. The third-order valence-corrected chi connectivity index (χ3v) is 5.97. The van der Waals surface area contributed by atoms with E-state index in [0.717, 1.165) is 25.7 Å². The van der Waals surface area contributed by atoms with Gasteiger partial charge in [-0.15, -0.1) is 0 Å². The summed E-state index contributed by atoms with van der Waals surface area (Å²) in [6, 6.07) is 0. The van der Waals surface area contributed by atoms with E-state index in [4.69, 9.17) is 19.2 Å². The maximum Gasteiger partial charge on any atom is 0.311 e. The average molecular weight is 282 g/mol. The van der Waals surface area contributed by atoms with Gasteiger partial charge in [0.2, 0.25) is 12.1 Å². The molecule has 5 rings (SSSR count). The van der Waals surface area contributed by atoms with Gasteiger partial charge in [0, 0.05) is 18.3 Å². The number of hydrogen-bond donors (Lipinski definition) is 0. The minimum atomic E-state index is -0.793. The van der Waals surface area contributed by atoms with Crippen molar-refractivity contribution in [2.45, 2.75) is 64.1 Å². The predicted octanol–water partition coefficient (Wildman–Crippen LogP) is 2.39. The first-order valence-electron chi connectivity index (χ1n) is 7.71. The zero-order valence-electron chi connectivity index (χ0n) is 12.3. The molecule has 4 aliphatic heterocycles. The molecule has 0 amide bonds. The van der Waals surface area contributed by atoms with Gasteiger partial charge in [0.15, 0.2) is 5.60 Å². The molecule has 5 nitrogen and oxygen atoms in total. The molecule has 0 aromatic rings. The summed E-state index contributed by atoms with van der Waals surface area (Å²) >= 11 is 0. The molecular weight excluding hydrogens is 260 g/mol. The van der Waals surface area contributed by atoms with Crippen molar-refractivity contribution in [3.05, 3.63) is 0 Å². The topological polar surface area (TPSA) is 54.0 Å². The van der Waals surface area contributed by atoms with Crippen molar-refractivity contribution in [3.63, 3.8) is 0 Å². The number of carbonyl (C=O) groups is 1. The molecule has 7 atom stereocenters. The lowest BCUT2D eigenvalue weighted by Gasteiger charge is -2.57. The van der Waals surface area contributed by atoms with Crippen LogP contribution in [0.25, 0.3) is 0 Å². The van der Waals surface area contributed by atoms with E-state index in [1.807, 2.05) is 13.8 Å². The van der Waals surface area contributed by atoms with Crippen LogP contribution in [0.5, 0.6) is 0 Å². The van der Waals surface area contributed by atoms with Crippen molar-refractivity contribution in [1.82, 2.24) is 0 Å². The second-order valence-corrected chi connectivity index (χ2v) is 7.14. The third-order valence-electron chi connectivity index (χ3n) is 5.97. The third kappa shape index (κ3) is 1.46. The molecule has 112 valence electrons. The van der Waals surface area contributed by atoms with Crippen LogP contribution in [0.15, 0.2) is 0 Å². The lowest BCUT2D eigenvalue weighted by Crippen LogP contribution is -2.69. The zero-order chi connectivity index (χ0) is 14.1. The van der Waals surface area contributed by atoms with Gasteiger partial charge in [0.05, 0.1) is 5.92 Å². The van der Waals surface area contributed by atoms with Crippen LogP contribution in [-0.2, 0) is 24.0 Å². The first-order chi connectivity index (χ1) is 9.46. The largest absolute Gasteiger partial charge is 0.432 e. The highest BCUT2D eigenvalue weighted by Gasteiger charge is 2.69. The van der Waals surface area contributed by atoms with E-state index < -0.39 is 17.7 Å². The van der Waals surface area contributed by atoms with Gasteiger partial charge in [-0.2, -0.15) is 0 Å². The summed E-state index contributed by atoms with van der Waals surface area (Å²) in [7, 11) is 0. The Balaban J connectivity index is 1.84. The van der Waals surface area contributed by atoms with Crippen LogP contribution in [0, 0.1) is 23.7 Å². The van der Waals surface area contributed by atoms with E-state index in [0.29, 0.717) is 11.8 Å². The average Bonchev–Trinajstić information content (AvgIpc) is 2.63. The van der Waals surface area contributed by atoms with E-state index >= 15 is 0 Å². The highest BCUT2D eigenvalue weighted by molar-refractivity contribution is 5.74. The van der Waals surface area contributed by atoms with Crippen molar-refractivity contribution in [1.29, 1.82) is 0 Å². The second kappa shape index (κ2) is 3.96. The fourth-order valence-corrected chi connectivity index (χ4v) is 4.76. The minimum absolute atomic E-state index is 0.123. The molecule has 0 radical (unpaired) electrons. The molecule has 1 unspecified atom stereocenters. The number of esters is 1. The van der Waals surface area contributed by atoms with Crippen LogP contribution in [0.4, 0.5) is 0 Å². The van der Waals surface area contributed by atoms with Gasteiger partial charge in [-0.1, -0.05) is 13.8 Å². The van der Waals surface area contributed by atoms with Gasteiger partial charge in [-0.25, -0.2) is 9.78 Å². The summed E-state index contributed by atoms with van der Waals surface area (Å²) in [5.41, 5.74) is -0.610. The van der Waals surface area contributed by atoms with Crippen LogP contribution in [0.2, 0.25) is 0 Å². The van der Waals surface area contributed by atoms with Crippen molar-refractivity contribution >= 4 is 5.97 Å². The molecule has 0 aromatic carbocycles. The maximum atomic E-state index is 12.1. The van der Waals surface area contributed by atoms with Gasteiger partial charge in [0.25, 0.3) is 0 Å². The van der Waals surface area contributed by atoms with Crippen LogP contribution in [0.1, 0.15) is 46.5 Å². The van der Waals surface area contributed by atoms with E-state index in [9.17, 15) is 4.79 Å². The highest BCUT2D eigenvalue weighted by atomic mass is 17.3. The number of ether oxygens (including phenoxy) is 2. The monoisotopic (exact) mass is 282 g/mol. The molecule has 0 aromatic heterocycles. The summed E-state index contributed by atoms with van der Waals surface area (Å²) in [4.78, 5) is 23.7. The zero-order valence-corrected chi connectivity index (χ0v) is 12.3. The minimum Gasteiger partial charge on any atom is -0.432 e. The molecule has 5 heteroatoms. The Labute approximate surface area is 118 Å². The Morgan fingerprint density at radius 2 is 1.90 bits per heavy atom. The Morgan fingerprint density at radius 3 is 2.70 bits per heavy atom. The van der Waals surface area contributed by atoms with Crippen molar-refractivity contribution < 1.29 is 24.0 Å². The molecule has 1 saturated carbocycles. The molecule has 5 aliphatic rings.